The maximum atomic E-state index is 13.9. The van der Waals surface area contributed by atoms with Gasteiger partial charge in [-0.3, -0.25) is 4.79 Å². The summed E-state index contributed by atoms with van der Waals surface area (Å²) in [5.74, 6) is 1.61. The van der Waals surface area contributed by atoms with Crippen LogP contribution in [0.4, 0.5) is 5.69 Å². The molecule has 0 aromatic heterocycles. The molecule has 40 heavy (non-hydrogen) atoms. The van der Waals surface area contributed by atoms with Crippen molar-refractivity contribution in [3.05, 3.63) is 92.8 Å². The van der Waals surface area contributed by atoms with Crippen LogP contribution in [0.2, 0.25) is 0 Å². The molecule has 3 aromatic rings. The average Bonchev–Trinajstić information content (AvgIpc) is 3.27. The van der Waals surface area contributed by atoms with Crippen LogP contribution in [0.25, 0.3) is 6.08 Å². The number of carbonyl (C=O) groups excluding carboxylic acids is 1. The molecule has 1 aliphatic heterocycles. The van der Waals surface area contributed by atoms with Crippen LogP contribution < -0.4 is 14.8 Å². The first kappa shape index (κ1) is 28.1. The van der Waals surface area contributed by atoms with Crippen LogP contribution in [-0.4, -0.2) is 29.5 Å². The van der Waals surface area contributed by atoms with E-state index >= 15 is 0 Å². The molecule has 0 radical (unpaired) electrons. The van der Waals surface area contributed by atoms with Crippen LogP contribution in [0.1, 0.15) is 49.3 Å². The highest BCUT2D eigenvalue weighted by molar-refractivity contribution is 9.10. The minimum absolute atomic E-state index is 0.0523. The Bertz CT molecular complexity index is 1440. The number of para-hydroxylation sites is 1. The van der Waals surface area contributed by atoms with Gasteiger partial charge >= 0.3 is 0 Å². The summed E-state index contributed by atoms with van der Waals surface area (Å²) < 4.78 is 12.5. The van der Waals surface area contributed by atoms with E-state index in [0.717, 1.165) is 40.5 Å². The number of anilines is 1. The van der Waals surface area contributed by atoms with Gasteiger partial charge in [0.15, 0.2) is 17.0 Å². The summed E-state index contributed by atoms with van der Waals surface area (Å²) in [6.07, 6.45) is 6.45. The van der Waals surface area contributed by atoms with Gasteiger partial charge < -0.3 is 19.7 Å². The fourth-order valence-electron chi connectivity index (χ4n) is 5.35. The number of carbonyl (C=O) groups is 1. The lowest BCUT2D eigenvalue weighted by Crippen LogP contribution is -2.48. The number of ether oxygens (including phenoxy) is 2. The third kappa shape index (κ3) is 6.16. The van der Waals surface area contributed by atoms with Crippen LogP contribution in [0, 0.1) is 17.2 Å². The molecule has 206 valence electrons. The van der Waals surface area contributed by atoms with Gasteiger partial charge in [-0.05, 0) is 60.7 Å². The number of hydrogen-bond donors (Lipinski definition) is 1. The number of nitrogens with one attached hydrogen (secondary N) is 1. The first-order valence-electron chi connectivity index (χ1n) is 13.5. The monoisotopic (exact) mass is 617 g/mol. The molecule has 6 nitrogen and oxygen atoms in total. The van der Waals surface area contributed by atoms with Crippen LogP contribution >= 0.6 is 27.7 Å². The molecule has 1 saturated carbocycles. The molecule has 5 rings (SSSR count). The van der Waals surface area contributed by atoms with Crippen molar-refractivity contribution in [3.8, 4) is 17.6 Å². The van der Waals surface area contributed by atoms with Crippen molar-refractivity contribution in [3.63, 3.8) is 0 Å². The van der Waals surface area contributed by atoms with Crippen LogP contribution in [0.15, 0.2) is 76.1 Å². The number of nitrogens with zero attached hydrogens (tertiary/aromatic N) is 2. The minimum Gasteiger partial charge on any atom is -0.493 e. The van der Waals surface area contributed by atoms with Crippen molar-refractivity contribution in [2.24, 2.45) is 5.92 Å². The van der Waals surface area contributed by atoms with E-state index in [4.69, 9.17) is 9.47 Å². The predicted octanol–water partition coefficient (Wildman–Crippen LogP) is 7.80. The van der Waals surface area contributed by atoms with E-state index in [-0.39, 0.29) is 24.1 Å². The molecule has 1 aliphatic carbocycles. The number of methoxy groups -OCH3 is 1. The molecule has 1 N–H and O–H groups in total. The summed E-state index contributed by atoms with van der Waals surface area (Å²) in [5.41, 5.74) is 3.01. The highest BCUT2D eigenvalue weighted by Gasteiger charge is 2.43. The second-order valence-electron chi connectivity index (χ2n) is 10.1. The summed E-state index contributed by atoms with van der Waals surface area (Å²) >= 11 is 5.23. The van der Waals surface area contributed by atoms with Crippen LogP contribution in [-0.2, 0) is 11.4 Å². The van der Waals surface area contributed by atoms with Crippen molar-refractivity contribution >= 4 is 45.4 Å². The zero-order chi connectivity index (χ0) is 28.1. The Morgan fingerprint density at radius 2 is 1.85 bits per heavy atom. The SMILES string of the molecule is COc1cc(/C=C2\SC(Nc3ccccc3)N([C@H]3CCCC[C@@H]3C)C2=O)c(Br)cc1OCc1ccccc1C#N. The summed E-state index contributed by atoms with van der Waals surface area (Å²) in [7, 11) is 1.59. The lowest BCUT2D eigenvalue weighted by molar-refractivity contribution is -0.129. The number of thioether (sulfide) groups is 1. The Labute approximate surface area is 248 Å². The Hall–Kier alpha value is -3.41. The number of rotatable bonds is 8. The summed E-state index contributed by atoms with van der Waals surface area (Å²) in [6, 6.07) is 23.6. The van der Waals surface area contributed by atoms with Crippen molar-refractivity contribution in [1.29, 1.82) is 5.26 Å². The average molecular weight is 619 g/mol. The Kier molecular flexibility index (Phi) is 9.03. The maximum absolute atomic E-state index is 13.9. The van der Waals surface area contributed by atoms with Gasteiger partial charge in [0.2, 0.25) is 0 Å². The van der Waals surface area contributed by atoms with Gasteiger partial charge in [-0.25, -0.2) is 0 Å². The van der Waals surface area contributed by atoms with Crippen molar-refractivity contribution < 1.29 is 14.3 Å². The summed E-state index contributed by atoms with van der Waals surface area (Å²) in [6.45, 7) is 2.50. The molecule has 8 heteroatoms. The van der Waals surface area contributed by atoms with E-state index in [1.165, 1.54) is 6.42 Å². The third-order valence-electron chi connectivity index (χ3n) is 7.51. The largest absolute Gasteiger partial charge is 0.493 e. The molecule has 0 spiro atoms. The standard InChI is InChI=1S/C32H32BrN3O3S/c1-21-10-6-9-15-27(21)36-31(37)30(40-32(36)35-25-13-4-3-5-14-25)17-24-16-28(38-2)29(18-26(24)33)39-20-23-12-8-7-11-22(23)19-34/h3-5,7-8,11-14,16-18,21,27,32,35H,6,9-10,15,20H2,1-2H3/b30-17-/t21-,27-,32?/m0/s1. The Morgan fingerprint density at radius 3 is 2.60 bits per heavy atom. The molecule has 1 unspecified atom stereocenters. The molecule has 3 aromatic carbocycles. The van der Waals surface area contributed by atoms with Crippen LogP contribution in [0.3, 0.4) is 0 Å². The van der Waals surface area contributed by atoms with Gasteiger partial charge in [-0.1, -0.05) is 83.9 Å². The van der Waals surface area contributed by atoms with Gasteiger partial charge in [0.1, 0.15) is 6.61 Å². The van der Waals surface area contributed by atoms with Crippen molar-refractivity contribution in [1.82, 2.24) is 4.90 Å². The quantitative estimate of drug-likeness (QED) is 0.260. The number of halogens is 1. The lowest BCUT2D eigenvalue weighted by Gasteiger charge is -2.39. The van der Waals surface area contributed by atoms with E-state index in [0.29, 0.717) is 27.9 Å². The second-order valence-corrected chi connectivity index (χ2v) is 12.1. The molecule has 3 atom stereocenters. The van der Waals surface area contributed by atoms with Gasteiger partial charge in [0.25, 0.3) is 5.91 Å². The smallest absolute Gasteiger partial charge is 0.262 e. The number of amides is 1. The van der Waals surface area contributed by atoms with Crippen molar-refractivity contribution in [2.45, 2.75) is 50.8 Å². The van der Waals surface area contributed by atoms with E-state index in [9.17, 15) is 10.1 Å². The first-order chi connectivity index (χ1) is 19.5. The highest BCUT2D eigenvalue weighted by Crippen LogP contribution is 2.43. The van der Waals surface area contributed by atoms with Gasteiger partial charge in [-0.15, -0.1) is 0 Å². The normalized spacial score (nSPS) is 21.8. The Morgan fingerprint density at radius 1 is 1.10 bits per heavy atom. The predicted molar refractivity (Wildman–Crippen MR) is 164 cm³/mol. The topological polar surface area (TPSA) is 74.6 Å². The zero-order valence-electron chi connectivity index (χ0n) is 22.6. The first-order valence-corrected chi connectivity index (χ1v) is 15.2. The number of nitriles is 1. The highest BCUT2D eigenvalue weighted by atomic mass is 79.9. The molecule has 1 saturated heterocycles. The Balaban J connectivity index is 1.42. The summed E-state index contributed by atoms with van der Waals surface area (Å²) in [5, 5.41) is 13.0. The summed E-state index contributed by atoms with van der Waals surface area (Å²) in [4.78, 5) is 16.7. The van der Waals surface area contributed by atoms with Gasteiger partial charge in [0.05, 0.1) is 23.6 Å². The number of hydrogen-bond acceptors (Lipinski definition) is 6. The third-order valence-corrected chi connectivity index (χ3v) is 9.32. The van der Waals surface area contributed by atoms with Crippen molar-refractivity contribution in [2.75, 3.05) is 12.4 Å². The minimum atomic E-state index is -0.185. The molecule has 1 amide bonds. The van der Waals surface area contributed by atoms with E-state index in [1.807, 2.05) is 66.7 Å². The molecular weight excluding hydrogens is 586 g/mol. The van der Waals surface area contributed by atoms with E-state index in [2.05, 4.69) is 39.1 Å². The maximum Gasteiger partial charge on any atom is 0.262 e. The molecule has 2 fully saturated rings. The molecule has 2 aliphatic rings. The molecule has 1 heterocycles. The molecular formula is C32H32BrN3O3S. The zero-order valence-corrected chi connectivity index (χ0v) is 25.0. The van der Waals surface area contributed by atoms with Gasteiger partial charge in [0, 0.05) is 21.8 Å². The van der Waals surface area contributed by atoms with E-state index < -0.39 is 0 Å². The lowest BCUT2D eigenvalue weighted by atomic mass is 9.85. The van der Waals surface area contributed by atoms with Crippen LogP contribution in [0.5, 0.6) is 11.5 Å². The fourth-order valence-corrected chi connectivity index (χ4v) is 6.99. The molecule has 0 bridgehead atoms. The fraction of sp³-hybridized carbons (Fsp3) is 0.312. The number of benzene rings is 3. The van der Waals surface area contributed by atoms with E-state index in [1.54, 1.807) is 24.9 Å². The van der Waals surface area contributed by atoms with Gasteiger partial charge in [-0.2, -0.15) is 5.26 Å². The second kappa shape index (κ2) is 12.8.